The molecule has 0 fully saturated rings. The summed E-state index contributed by atoms with van der Waals surface area (Å²) in [6.07, 6.45) is 26.8. The average molecular weight is 469 g/mol. The number of unbranched alkanes of at least 4 members (excludes halogenated alkanes) is 17. The van der Waals surface area contributed by atoms with Gasteiger partial charge >= 0.3 is 11.9 Å². The van der Waals surface area contributed by atoms with Crippen molar-refractivity contribution in [2.75, 3.05) is 0 Å². The first-order chi connectivity index (χ1) is 16.1. The highest BCUT2D eigenvalue weighted by molar-refractivity contribution is 5.69. The highest BCUT2D eigenvalue weighted by Gasteiger charge is 2.14. The largest absolute Gasteiger partial charge is 0.481 e. The van der Waals surface area contributed by atoms with Crippen molar-refractivity contribution < 1.29 is 19.4 Å². The highest BCUT2D eigenvalue weighted by Crippen LogP contribution is 2.18. The lowest BCUT2D eigenvalue weighted by atomic mass is 10.0. The van der Waals surface area contributed by atoms with Crippen molar-refractivity contribution in [3.8, 4) is 0 Å². The fourth-order valence-electron chi connectivity index (χ4n) is 4.42. The third-order valence-corrected chi connectivity index (χ3v) is 6.58. The number of ether oxygens (including phenoxy) is 1. The molecule has 0 spiro atoms. The van der Waals surface area contributed by atoms with E-state index in [1.807, 2.05) is 0 Å². The molecular weight excluding hydrogens is 412 g/mol. The predicted molar refractivity (Wildman–Crippen MR) is 140 cm³/mol. The van der Waals surface area contributed by atoms with E-state index in [4.69, 9.17) is 9.84 Å². The molecule has 1 atom stereocenters. The Hall–Kier alpha value is -1.06. The second-order valence-corrected chi connectivity index (χ2v) is 9.95. The molecule has 0 amide bonds. The molecule has 0 rings (SSSR count). The minimum absolute atomic E-state index is 0.0182. The zero-order valence-electron chi connectivity index (χ0n) is 22.2. The van der Waals surface area contributed by atoms with Gasteiger partial charge in [0.25, 0.3) is 0 Å². The summed E-state index contributed by atoms with van der Waals surface area (Å²) in [5.74, 6) is -0.730. The summed E-state index contributed by atoms with van der Waals surface area (Å²) in [5.41, 5.74) is 0. The van der Waals surface area contributed by atoms with E-state index in [9.17, 15) is 9.59 Å². The predicted octanol–water partition coefficient (Wildman–Crippen LogP) is 9.39. The van der Waals surface area contributed by atoms with Crippen LogP contribution in [-0.4, -0.2) is 23.1 Å². The number of aliphatic carboxylic acids is 1. The van der Waals surface area contributed by atoms with Crippen LogP contribution in [-0.2, 0) is 14.3 Å². The van der Waals surface area contributed by atoms with Gasteiger partial charge in [-0.05, 0) is 38.5 Å². The molecule has 0 aromatic heterocycles. The van der Waals surface area contributed by atoms with Crippen LogP contribution in [0.15, 0.2) is 0 Å². The second kappa shape index (κ2) is 25.6. The van der Waals surface area contributed by atoms with Gasteiger partial charge in [0.2, 0.25) is 0 Å². The lowest BCUT2D eigenvalue weighted by Gasteiger charge is -2.18. The summed E-state index contributed by atoms with van der Waals surface area (Å²) in [4.78, 5) is 23.0. The van der Waals surface area contributed by atoms with Crippen LogP contribution in [0.4, 0.5) is 0 Å². The van der Waals surface area contributed by atoms with E-state index in [-0.39, 0.29) is 18.5 Å². The van der Waals surface area contributed by atoms with Crippen LogP contribution in [0.25, 0.3) is 0 Å². The third kappa shape index (κ3) is 25.4. The minimum Gasteiger partial charge on any atom is -0.481 e. The Kier molecular flexibility index (Phi) is 24.7. The summed E-state index contributed by atoms with van der Waals surface area (Å²) < 4.78 is 5.86. The summed E-state index contributed by atoms with van der Waals surface area (Å²) in [7, 11) is 0. The topological polar surface area (TPSA) is 63.6 Å². The Morgan fingerprint density at radius 3 is 1.33 bits per heavy atom. The molecule has 0 saturated carbocycles. The maximum atomic E-state index is 12.4. The van der Waals surface area contributed by atoms with Gasteiger partial charge in [-0.1, -0.05) is 117 Å². The first-order valence-corrected chi connectivity index (χ1v) is 14.5. The molecule has 0 heterocycles. The van der Waals surface area contributed by atoms with Gasteiger partial charge in [-0.2, -0.15) is 0 Å². The first kappa shape index (κ1) is 31.9. The van der Waals surface area contributed by atoms with E-state index in [2.05, 4.69) is 13.8 Å². The van der Waals surface area contributed by atoms with E-state index in [0.717, 1.165) is 57.8 Å². The molecule has 0 aliphatic carbocycles. The molecule has 0 bridgehead atoms. The van der Waals surface area contributed by atoms with Crippen molar-refractivity contribution in [2.45, 2.75) is 174 Å². The standard InChI is InChI=1S/C29H56O4/c1-3-5-7-9-10-11-12-13-14-16-22-26-29(32)33-27(23-19-15-8-6-4-2)24-20-17-18-21-25-28(30)31/h27H,3-26H2,1-2H3,(H,30,31). The van der Waals surface area contributed by atoms with Crippen LogP contribution in [0.1, 0.15) is 168 Å². The molecule has 0 saturated heterocycles. The van der Waals surface area contributed by atoms with Gasteiger partial charge in [0.1, 0.15) is 6.10 Å². The lowest BCUT2D eigenvalue weighted by molar-refractivity contribution is -0.150. The van der Waals surface area contributed by atoms with Crippen molar-refractivity contribution in [1.29, 1.82) is 0 Å². The molecule has 0 radical (unpaired) electrons. The monoisotopic (exact) mass is 468 g/mol. The van der Waals surface area contributed by atoms with Crippen molar-refractivity contribution in [3.63, 3.8) is 0 Å². The molecule has 196 valence electrons. The summed E-state index contributed by atoms with van der Waals surface area (Å²) in [6, 6.07) is 0. The Balaban J connectivity index is 3.90. The van der Waals surface area contributed by atoms with Crippen molar-refractivity contribution >= 4 is 11.9 Å². The number of carbonyl (C=O) groups excluding carboxylic acids is 1. The Morgan fingerprint density at radius 2 is 0.909 bits per heavy atom. The summed E-state index contributed by atoms with van der Waals surface area (Å²) >= 11 is 0. The number of rotatable bonds is 26. The second-order valence-electron chi connectivity index (χ2n) is 9.95. The third-order valence-electron chi connectivity index (χ3n) is 6.58. The fraction of sp³-hybridized carbons (Fsp3) is 0.931. The molecule has 0 aliphatic heterocycles. The number of hydrogen-bond acceptors (Lipinski definition) is 3. The van der Waals surface area contributed by atoms with E-state index < -0.39 is 5.97 Å². The molecule has 0 aliphatic rings. The van der Waals surface area contributed by atoms with Gasteiger partial charge in [0.15, 0.2) is 0 Å². The van der Waals surface area contributed by atoms with Gasteiger partial charge < -0.3 is 9.84 Å². The van der Waals surface area contributed by atoms with E-state index in [1.165, 1.54) is 83.5 Å². The van der Waals surface area contributed by atoms with Crippen LogP contribution in [0, 0.1) is 0 Å². The zero-order chi connectivity index (χ0) is 24.4. The van der Waals surface area contributed by atoms with Crippen LogP contribution in [0.5, 0.6) is 0 Å². The van der Waals surface area contributed by atoms with Crippen LogP contribution in [0.3, 0.4) is 0 Å². The Labute approximate surface area is 205 Å². The van der Waals surface area contributed by atoms with Crippen molar-refractivity contribution in [3.05, 3.63) is 0 Å². The van der Waals surface area contributed by atoms with Gasteiger partial charge in [-0.15, -0.1) is 0 Å². The first-order valence-electron chi connectivity index (χ1n) is 14.5. The van der Waals surface area contributed by atoms with Crippen LogP contribution >= 0.6 is 0 Å². The van der Waals surface area contributed by atoms with E-state index in [1.54, 1.807) is 0 Å². The van der Waals surface area contributed by atoms with Crippen LogP contribution in [0.2, 0.25) is 0 Å². The average Bonchev–Trinajstić information content (AvgIpc) is 2.79. The van der Waals surface area contributed by atoms with Gasteiger partial charge in [0, 0.05) is 12.8 Å². The molecule has 0 aromatic carbocycles. The van der Waals surface area contributed by atoms with Crippen molar-refractivity contribution in [2.24, 2.45) is 0 Å². The molecule has 4 heteroatoms. The van der Waals surface area contributed by atoms with E-state index in [0.29, 0.717) is 6.42 Å². The number of carboxylic acids is 1. The number of carboxylic acid groups (broad SMARTS) is 1. The quantitative estimate of drug-likeness (QED) is 0.101. The zero-order valence-corrected chi connectivity index (χ0v) is 22.2. The van der Waals surface area contributed by atoms with Crippen LogP contribution < -0.4 is 0 Å². The summed E-state index contributed by atoms with van der Waals surface area (Å²) in [6.45, 7) is 4.49. The minimum atomic E-state index is -0.712. The number of esters is 1. The normalized spacial score (nSPS) is 12.1. The molecule has 1 unspecified atom stereocenters. The molecule has 0 aromatic rings. The van der Waals surface area contributed by atoms with Gasteiger partial charge in [-0.25, -0.2) is 0 Å². The van der Waals surface area contributed by atoms with Gasteiger partial charge in [-0.3, -0.25) is 9.59 Å². The summed E-state index contributed by atoms with van der Waals surface area (Å²) in [5, 5.41) is 8.74. The molecule has 1 N–H and O–H groups in total. The number of carbonyl (C=O) groups is 2. The maximum absolute atomic E-state index is 12.4. The maximum Gasteiger partial charge on any atom is 0.306 e. The van der Waals surface area contributed by atoms with E-state index >= 15 is 0 Å². The smallest absolute Gasteiger partial charge is 0.306 e. The Morgan fingerprint density at radius 1 is 0.545 bits per heavy atom. The molecule has 33 heavy (non-hydrogen) atoms. The molecular formula is C29H56O4. The lowest BCUT2D eigenvalue weighted by Crippen LogP contribution is -2.18. The fourth-order valence-corrected chi connectivity index (χ4v) is 4.42. The Bertz CT molecular complexity index is 435. The van der Waals surface area contributed by atoms with Crippen molar-refractivity contribution in [1.82, 2.24) is 0 Å². The SMILES string of the molecule is CCCCCCCCCCCCCC(=O)OC(CCCCCCC)CCCCCCC(=O)O. The highest BCUT2D eigenvalue weighted by atomic mass is 16.5. The number of hydrogen-bond donors (Lipinski definition) is 1. The molecule has 4 nitrogen and oxygen atoms in total. The van der Waals surface area contributed by atoms with Gasteiger partial charge in [0.05, 0.1) is 0 Å².